The summed E-state index contributed by atoms with van der Waals surface area (Å²) < 4.78 is 0. The van der Waals surface area contributed by atoms with Gasteiger partial charge >= 0.3 is 0 Å². The summed E-state index contributed by atoms with van der Waals surface area (Å²) in [6, 6.07) is 0. The molecule has 0 spiro atoms. The van der Waals surface area contributed by atoms with Crippen molar-refractivity contribution in [1.29, 1.82) is 0 Å². The molecule has 1 atom stereocenters. The highest BCUT2D eigenvalue weighted by Crippen LogP contribution is 2.08. The smallest absolute Gasteiger partial charge is 0.0572 e. The molecule has 1 fully saturated rings. The maximum atomic E-state index is 5.58. The third kappa shape index (κ3) is 1.95. The second kappa shape index (κ2) is 3.18. The molecule has 1 aliphatic heterocycles. The summed E-state index contributed by atoms with van der Waals surface area (Å²) in [5.74, 6) is 0. The van der Waals surface area contributed by atoms with Crippen LogP contribution in [0.1, 0.15) is 19.3 Å². The molecule has 2 heteroatoms. The highest BCUT2D eigenvalue weighted by Gasteiger charge is 2.12. The van der Waals surface area contributed by atoms with E-state index in [1.807, 2.05) is 0 Å². The molecule has 2 N–H and O–H groups in total. The minimum atomic E-state index is 0.0188. The van der Waals surface area contributed by atoms with Crippen molar-refractivity contribution >= 4 is 0 Å². The summed E-state index contributed by atoms with van der Waals surface area (Å²) >= 11 is 0. The Kier molecular flexibility index (Phi) is 2.49. The summed E-state index contributed by atoms with van der Waals surface area (Å²) in [5.41, 5.74) is 5.58. The van der Waals surface area contributed by atoms with Crippen LogP contribution in [0, 0.1) is 6.92 Å². The molecule has 0 bridgehead atoms. The quantitative estimate of drug-likeness (QED) is 0.558. The van der Waals surface area contributed by atoms with E-state index in [1.54, 1.807) is 0 Å². The third-order valence-corrected chi connectivity index (χ3v) is 1.86. The van der Waals surface area contributed by atoms with Gasteiger partial charge in [0, 0.05) is 0 Å². The van der Waals surface area contributed by atoms with Gasteiger partial charge in [0.25, 0.3) is 0 Å². The van der Waals surface area contributed by atoms with Crippen molar-refractivity contribution in [3.05, 3.63) is 6.92 Å². The average Bonchev–Trinajstić information content (AvgIpc) is 1.90. The molecule has 0 aromatic heterocycles. The number of nitrogens with two attached hydrogens (primary N) is 1. The molecule has 1 aliphatic rings. The number of hydrogen-bond acceptors (Lipinski definition) is 2. The van der Waals surface area contributed by atoms with Crippen LogP contribution in [0.25, 0.3) is 0 Å². The Bertz CT molecular complexity index is 75.0. The molecule has 0 aromatic rings. The van der Waals surface area contributed by atoms with Gasteiger partial charge in [-0.3, -0.25) is 4.90 Å². The molecule has 1 unspecified atom stereocenters. The molecule has 0 amide bonds. The van der Waals surface area contributed by atoms with Crippen LogP contribution in [-0.4, -0.2) is 24.2 Å². The second-order valence-electron chi connectivity index (χ2n) is 2.66. The Morgan fingerprint density at radius 2 is 1.78 bits per heavy atom. The van der Waals surface area contributed by atoms with Crippen LogP contribution < -0.4 is 5.73 Å². The third-order valence-electron chi connectivity index (χ3n) is 1.86. The molecule has 9 heavy (non-hydrogen) atoms. The Hall–Kier alpha value is -0.0800. The minimum absolute atomic E-state index is 0.0188. The number of hydrogen-bond donors (Lipinski definition) is 1. The zero-order valence-corrected chi connectivity index (χ0v) is 5.84. The first-order chi connectivity index (χ1) is 4.30. The van der Waals surface area contributed by atoms with Gasteiger partial charge in [0.15, 0.2) is 0 Å². The second-order valence-corrected chi connectivity index (χ2v) is 2.66. The highest BCUT2D eigenvalue weighted by atomic mass is 15.2. The fourth-order valence-electron chi connectivity index (χ4n) is 1.25. The number of nitrogens with zero attached hydrogens (tertiary/aromatic N) is 1. The zero-order valence-electron chi connectivity index (χ0n) is 5.84. The van der Waals surface area contributed by atoms with Crippen LogP contribution in [0.4, 0.5) is 0 Å². The maximum absolute atomic E-state index is 5.58. The molecule has 0 aromatic carbocycles. The van der Waals surface area contributed by atoms with Crippen molar-refractivity contribution < 1.29 is 0 Å². The summed E-state index contributed by atoms with van der Waals surface area (Å²) in [4.78, 5) is 2.23. The van der Waals surface area contributed by atoms with Crippen molar-refractivity contribution in [2.45, 2.75) is 25.4 Å². The average molecular weight is 127 g/mol. The van der Waals surface area contributed by atoms with Crippen molar-refractivity contribution in [3.8, 4) is 0 Å². The lowest BCUT2D eigenvalue weighted by Crippen LogP contribution is -2.42. The summed E-state index contributed by atoms with van der Waals surface area (Å²) in [6.07, 6.45) is 3.97. The van der Waals surface area contributed by atoms with Gasteiger partial charge in [-0.1, -0.05) is 6.42 Å². The van der Waals surface area contributed by atoms with Crippen LogP contribution in [0.3, 0.4) is 0 Å². The van der Waals surface area contributed by atoms with E-state index in [0.717, 1.165) is 13.1 Å². The van der Waals surface area contributed by atoms with Gasteiger partial charge < -0.3 is 5.73 Å². The van der Waals surface area contributed by atoms with Gasteiger partial charge in [0.2, 0.25) is 0 Å². The number of piperidine rings is 1. The Balaban J connectivity index is 2.23. The van der Waals surface area contributed by atoms with E-state index in [2.05, 4.69) is 11.8 Å². The topological polar surface area (TPSA) is 29.3 Å². The molecule has 53 valence electrons. The predicted octanol–water partition coefficient (Wildman–Crippen LogP) is 0.591. The van der Waals surface area contributed by atoms with Gasteiger partial charge in [-0.25, -0.2) is 0 Å². The monoisotopic (exact) mass is 127 g/mol. The standard InChI is InChI=1S/C7H15N2/c1-7(8)9-5-3-2-4-6-9/h7H,1-6,8H2. The molecule has 2 nitrogen and oxygen atoms in total. The Morgan fingerprint density at radius 3 is 2.11 bits per heavy atom. The Morgan fingerprint density at radius 1 is 1.22 bits per heavy atom. The van der Waals surface area contributed by atoms with E-state index >= 15 is 0 Å². The molecular formula is C7H15N2. The SMILES string of the molecule is [CH2]C(N)N1CCCCC1. The molecule has 1 saturated heterocycles. The van der Waals surface area contributed by atoms with Crippen LogP contribution >= 0.6 is 0 Å². The normalized spacial score (nSPS) is 26.0. The summed E-state index contributed by atoms with van der Waals surface area (Å²) in [7, 11) is 0. The van der Waals surface area contributed by atoms with Crippen LogP contribution in [-0.2, 0) is 0 Å². The van der Waals surface area contributed by atoms with Crippen molar-refractivity contribution in [2.75, 3.05) is 13.1 Å². The van der Waals surface area contributed by atoms with E-state index in [1.165, 1.54) is 19.3 Å². The summed E-state index contributed by atoms with van der Waals surface area (Å²) in [6.45, 7) is 6.05. The van der Waals surface area contributed by atoms with Gasteiger partial charge in [-0.2, -0.15) is 0 Å². The lowest BCUT2D eigenvalue weighted by Gasteiger charge is -2.29. The molecule has 1 heterocycles. The molecular weight excluding hydrogens is 112 g/mol. The molecule has 0 aliphatic carbocycles. The maximum Gasteiger partial charge on any atom is 0.0572 e. The van der Waals surface area contributed by atoms with E-state index in [9.17, 15) is 0 Å². The molecule has 1 rings (SSSR count). The highest BCUT2D eigenvalue weighted by molar-refractivity contribution is 4.70. The fraction of sp³-hybridized carbons (Fsp3) is 0.857. The zero-order chi connectivity index (χ0) is 6.69. The molecule has 1 radical (unpaired) electrons. The predicted molar refractivity (Wildman–Crippen MR) is 38.8 cm³/mol. The van der Waals surface area contributed by atoms with Crippen LogP contribution in [0.15, 0.2) is 0 Å². The fourth-order valence-corrected chi connectivity index (χ4v) is 1.25. The van der Waals surface area contributed by atoms with Crippen LogP contribution in [0.5, 0.6) is 0 Å². The number of likely N-dealkylation sites (tertiary alicyclic amines) is 1. The van der Waals surface area contributed by atoms with Crippen LogP contribution in [0.2, 0.25) is 0 Å². The molecule has 0 saturated carbocycles. The van der Waals surface area contributed by atoms with Crippen molar-refractivity contribution in [2.24, 2.45) is 5.73 Å². The van der Waals surface area contributed by atoms with E-state index in [-0.39, 0.29) is 6.17 Å². The lowest BCUT2D eigenvalue weighted by molar-refractivity contribution is 0.192. The first-order valence-electron chi connectivity index (χ1n) is 3.63. The van der Waals surface area contributed by atoms with Gasteiger partial charge in [-0.05, 0) is 32.9 Å². The van der Waals surface area contributed by atoms with Gasteiger partial charge in [0.05, 0.1) is 6.17 Å². The first kappa shape index (κ1) is 7.03. The number of rotatable bonds is 1. The van der Waals surface area contributed by atoms with Crippen molar-refractivity contribution in [3.63, 3.8) is 0 Å². The first-order valence-corrected chi connectivity index (χ1v) is 3.63. The van der Waals surface area contributed by atoms with Gasteiger partial charge in [0.1, 0.15) is 0 Å². The largest absolute Gasteiger partial charge is 0.316 e. The lowest BCUT2D eigenvalue weighted by atomic mass is 10.1. The van der Waals surface area contributed by atoms with Crippen molar-refractivity contribution in [1.82, 2.24) is 4.90 Å². The van der Waals surface area contributed by atoms with Gasteiger partial charge in [-0.15, -0.1) is 0 Å². The Labute approximate surface area is 57.0 Å². The van der Waals surface area contributed by atoms with E-state index in [0.29, 0.717) is 0 Å². The minimum Gasteiger partial charge on any atom is -0.316 e. The summed E-state index contributed by atoms with van der Waals surface area (Å²) in [5, 5.41) is 0. The van der Waals surface area contributed by atoms with E-state index < -0.39 is 0 Å². The van der Waals surface area contributed by atoms with E-state index in [4.69, 9.17) is 5.73 Å².